The molecule has 1 unspecified atom stereocenters. The average molecular weight is 232 g/mol. The molecule has 16 heavy (non-hydrogen) atoms. The fourth-order valence-electron chi connectivity index (χ4n) is 0.980. The van der Waals surface area contributed by atoms with E-state index in [1.54, 1.807) is 0 Å². The molecule has 3 N–H and O–H groups in total. The molecule has 0 saturated carbocycles. The lowest BCUT2D eigenvalue weighted by molar-refractivity contribution is 0.0528. The minimum absolute atomic E-state index is 0.173. The molecule has 0 aromatic heterocycles. The van der Waals surface area contributed by atoms with Gasteiger partial charge in [-0.15, -0.1) is 0 Å². The van der Waals surface area contributed by atoms with Gasteiger partial charge in [-0.05, 0) is 33.2 Å². The predicted octanol–water partition coefficient (Wildman–Crippen LogP) is 0.729. The lowest BCUT2D eigenvalue weighted by atomic mass is 10.2. The van der Waals surface area contributed by atoms with E-state index in [2.05, 4.69) is 10.6 Å². The van der Waals surface area contributed by atoms with Crippen LogP contribution in [0.25, 0.3) is 0 Å². The first kappa shape index (κ1) is 15.2. The number of rotatable bonds is 6. The summed E-state index contributed by atoms with van der Waals surface area (Å²) >= 11 is 0. The summed E-state index contributed by atoms with van der Waals surface area (Å²) in [5, 5.41) is 14.5. The Morgan fingerprint density at radius 3 is 2.50 bits per heavy atom. The monoisotopic (exact) mass is 232 g/mol. The summed E-state index contributed by atoms with van der Waals surface area (Å²) in [5.41, 5.74) is -0.455. The van der Waals surface area contributed by atoms with Crippen LogP contribution in [0.4, 0.5) is 4.79 Å². The highest BCUT2D eigenvalue weighted by Gasteiger charge is 2.15. The van der Waals surface area contributed by atoms with Crippen molar-refractivity contribution in [1.29, 1.82) is 0 Å². The minimum Gasteiger partial charge on any atom is -0.444 e. The van der Waals surface area contributed by atoms with Gasteiger partial charge in [0.1, 0.15) is 5.60 Å². The molecule has 5 heteroatoms. The van der Waals surface area contributed by atoms with Crippen LogP contribution < -0.4 is 10.6 Å². The third kappa shape index (κ3) is 9.73. The molecule has 0 aliphatic rings. The van der Waals surface area contributed by atoms with Gasteiger partial charge in [-0.3, -0.25) is 0 Å². The smallest absolute Gasteiger partial charge is 0.407 e. The lowest BCUT2D eigenvalue weighted by Crippen LogP contribution is -2.37. The number of ether oxygens (including phenoxy) is 1. The second-order valence-corrected chi connectivity index (χ2v) is 4.92. The van der Waals surface area contributed by atoms with Gasteiger partial charge in [-0.2, -0.15) is 0 Å². The number of aliphatic hydroxyl groups excluding tert-OH is 1. The first-order chi connectivity index (χ1) is 7.35. The molecule has 0 heterocycles. The van der Waals surface area contributed by atoms with Gasteiger partial charge in [0.2, 0.25) is 0 Å². The van der Waals surface area contributed by atoms with Crippen molar-refractivity contribution in [1.82, 2.24) is 10.6 Å². The van der Waals surface area contributed by atoms with E-state index in [1.165, 1.54) is 0 Å². The quantitative estimate of drug-likeness (QED) is 0.590. The number of hydrogen-bond acceptors (Lipinski definition) is 4. The third-order valence-electron chi connectivity index (χ3n) is 1.77. The third-order valence-corrected chi connectivity index (χ3v) is 1.77. The Kier molecular flexibility index (Phi) is 7.08. The molecule has 0 aliphatic heterocycles. The summed E-state index contributed by atoms with van der Waals surface area (Å²) in [6.45, 7) is 9.54. The Labute approximate surface area is 97.6 Å². The van der Waals surface area contributed by atoms with E-state index in [0.717, 1.165) is 6.54 Å². The topological polar surface area (TPSA) is 70.6 Å². The minimum atomic E-state index is -0.455. The van der Waals surface area contributed by atoms with Crippen molar-refractivity contribution in [2.45, 2.75) is 33.3 Å². The fourth-order valence-corrected chi connectivity index (χ4v) is 0.980. The predicted molar refractivity (Wildman–Crippen MR) is 63.4 cm³/mol. The summed E-state index contributed by atoms with van der Waals surface area (Å²) in [4.78, 5) is 11.2. The van der Waals surface area contributed by atoms with Crippen LogP contribution in [0.15, 0.2) is 0 Å². The molecule has 0 bridgehead atoms. The molecule has 0 aromatic carbocycles. The summed E-state index contributed by atoms with van der Waals surface area (Å²) in [7, 11) is 0. The van der Waals surface area contributed by atoms with Crippen LogP contribution >= 0.6 is 0 Å². The molecule has 1 atom stereocenters. The van der Waals surface area contributed by atoms with Gasteiger partial charge in [-0.1, -0.05) is 6.92 Å². The summed E-state index contributed by atoms with van der Waals surface area (Å²) in [5.74, 6) is 0.238. The maximum atomic E-state index is 11.2. The van der Waals surface area contributed by atoms with Crippen LogP contribution in [0.1, 0.15) is 27.7 Å². The number of amides is 1. The molecule has 0 aliphatic carbocycles. The van der Waals surface area contributed by atoms with Gasteiger partial charge in [0.05, 0.1) is 0 Å². The Hall–Kier alpha value is -0.810. The maximum Gasteiger partial charge on any atom is 0.407 e. The molecule has 1 amide bonds. The maximum absolute atomic E-state index is 11.2. The van der Waals surface area contributed by atoms with Crippen molar-refractivity contribution < 1.29 is 14.6 Å². The molecule has 0 rings (SSSR count). The Balaban J connectivity index is 3.42. The molecule has 0 fully saturated rings. The van der Waals surface area contributed by atoms with Crippen LogP contribution in [0.3, 0.4) is 0 Å². The number of hydrogen-bond donors (Lipinski definition) is 3. The van der Waals surface area contributed by atoms with Crippen molar-refractivity contribution >= 4 is 6.09 Å². The molecular formula is C11H24N2O3. The summed E-state index contributed by atoms with van der Waals surface area (Å²) < 4.78 is 5.07. The summed E-state index contributed by atoms with van der Waals surface area (Å²) in [6.07, 6.45) is -0.399. The normalized spacial score (nSPS) is 13.3. The largest absolute Gasteiger partial charge is 0.444 e. The molecule has 0 saturated heterocycles. The second-order valence-electron chi connectivity index (χ2n) is 4.92. The van der Waals surface area contributed by atoms with Gasteiger partial charge in [0.15, 0.2) is 0 Å². The molecule has 0 spiro atoms. The number of nitrogens with one attached hydrogen (secondary N) is 2. The molecular weight excluding hydrogens is 208 g/mol. The van der Waals surface area contributed by atoms with Gasteiger partial charge in [0.25, 0.3) is 0 Å². The van der Waals surface area contributed by atoms with E-state index >= 15 is 0 Å². The Morgan fingerprint density at radius 2 is 2.00 bits per heavy atom. The molecule has 0 radical (unpaired) electrons. The van der Waals surface area contributed by atoms with E-state index in [1.807, 2.05) is 27.7 Å². The van der Waals surface area contributed by atoms with Gasteiger partial charge < -0.3 is 20.5 Å². The molecule has 5 nitrogen and oxygen atoms in total. The Morgan fingerprint density at radius 1 is 1.38 bits per heavy atom. The zero-order chi connectivity index (χ0) is 12.6. The SMILES string of the molecule is CC(CO)CNCCNC(=O)OC(C)(C)C. The highest BCUT2D eigenvalue weighted by atomic mass is 16.6. The van der Waals surface area contributed by atoms with Crippen LogP contribution in [0, 0.1) is 5.92 Å². The highest BCUT2D eigenvalue weighted by Crippen LogP contribution is 2.05. The zero-order valence-electron chi connectivity index (χ0n) is 10.7. The number of aliphatic hydroxyl groups is 1. The van der Waals surface area contributed by atoms with Crippen LogP contribution in [0.2, 0.25) is 0 Å². The number of carbonyl (C=O) groups excluding carboxylic acids is 1. The zero-order valence-corrected chi connectivity index (χ0v) is 10.7. The number of alkyl carbamates (subject to hydrolysis) is 1. The number of carbonyl (C=O) groups is 1. The van der Waals surface area contributed by atoms with Crippen LogP contribution in [-0.4, -0.2) is 43.0 Å². The van der Waals surface area contributed by atoms with Crippen LogP contribution in [0.5, 0.6) is 0 Å². The van der Waals surface area contributed by atoms with Gasteiger partial charge >= 0.3 is 6.09 Å². The van der Waals surface area contributed by atoms with Crippen molar-refractivity contribution in [3.8, 4) is 0 Å². The second kappa shape index (κ2) is 7.46. The fraction of sp³-hybridized carbons (Fsp3) is 0.909. The highest BCUT2D eigenvalue weighted by molar-refractivity contribution is 5.67. The first-order valence-corrected chi connectivity index (χ1v) is 5.63. The average Bonchev–Trinajstić information content (AvgIpc) is 2.14. The summed E-state index contributed by atoms with van der Waals surface area (Å²) in [6, 6.07) is 0. The van der Waals surface area contributed by atoms with E-state index in [9.17, 15) is 4.79 Å². The standard InChI is InChI=1S/C11H24N2O3/c1-9(8-14)7-12-5-6-13-10(15)16-11(2,3)4/h9,12,14H,5-8H2,1-4H3,(H,13,15). The van der Waals surface area contributed by atoms with Crippen molar-refractivity contribution in [2.75, 3.05) is 26.2 Å². The van der Waals surface area contributed by atoms with Crippen molar-refractivity contribution in [3.63, 3.8) is 0 Å². The Bertz CT molecular complexity index is 202. The van der Waals surface area contributed by atoms with Crippen molar-refractivity contribution in [2.24, 2.45) is 5.92 Å². The lowest BCUT2D eigenvalue weighted by Gasteiger charge is -2.19. The van der Waals surface area contributed by atoms with E-state index in [-0.39, 0.29) is 12.5 Å². The molecule has 0 aromatic rings. The first-order valence-electron chi connectivity index (χ1n) is 5.63. The van der Waals surface area contributed by atoms with Gasteiger partial charge in [0, 0.05) is 19.7 Å². The van der Waals surface area contributed by atoms with Crippen LogP contribution in [-0.2, 0) is 4.74 Å². The van der Waals surface area contributed by atoms with Gasteiger partial charge in [-0.25, -0.2) is 4.79 Å². The molecule has 96 valence electrons. The van der Waals surface area contributed by atoms with Crippen molar-refractivity contribution in [3.05, 3.63) is 0 Å². The van der Waals surface area contributed by atoms with E-state index < -0.39 is 11.7 Å². The van der Waals surface area contributed by atoms with E-state index in [4.69, 9.17) is 9.84 Å². The van der Waals surface area contributed by atoms with E-state index in [0.29, 0.717) is 13.1 Å².